The minimum atomic E-state index is -3.59. The molecule has 35 heavy (non-hydrogen) atoms. The summed E-state index contributed by atoms with van der Waals surface area (Å²) in [6.07, 6.45) is 1.03. The van der Waals surface area contributed by atoms with Crippen molar-refractivity contribution in [3.8, 4) is 10.6 Å². The van der Waals surface area contributed by atoms with Gasteiger partial charge >= 0.3 is 0 Å². The quantitative estimate of drug-likeness (QED) is 0.367. The molecule has 5 rings (SSSR count). The maximum Gasteiger partial charge on any atom is 0.255 e. The van der Waals surface area contributed by atoms with Crippen molar-refractivity contribution in [2.75, 3.05) is 18.4 Å². The molecular formula is C27H27N3O3S2. The summed E-state index contributed by atoms with van der Waals surface area (Å²) in [4.78, 5) is 18.0. The average molecular weight is 506 g/mol. The number of carbonyl (C=O) groups excluding carboxylic acids is 1. The lowest BCUT2D eigenvalue weighted by atomic mass is 9.94. The van der Waals surface area contributed by atoms with Crippen molar-refractivity contribution in [2.45, 2.75) is 25.2 Å². The van der Waals surface area contributed by atoms with Crippen molar-refractivity contribution in [1.29, 1.82) is 0 Å². The lowest BCUT2D eigenvalue weighted by Gasteiger charge is -2.34. The van der Waals surface area contributed by atoms with Crippen molar-refractivity contribution < 1.29 is 13.2 Å². The molecule has 0 radical (unpaired) electrons. The van der Waals surface area contributed by atoms with Crippen LogP contribution in [0.4, 0.5) is 5.69 Å². The van der Waals surface area contributed by atoms with Crippen molar-refractivity contribution >= 4 is 43.2 Å². The number of nitrogens with one attached hydrogen (secondary N) is 1. The molecule has 1 aromatic heterocycles. The van der Waals surface area contributed by atoms with Gasteiger partial charge in [-0.2, -0.15) is 4.31 Å². The van der Waals surface area contributed by atoms with Gasteiger partial charge < -0.3 is 5.32 Å². The predicted octanol–water partition coefficient (Wildman–Crippen LogP) is 5.88. The van der Waals surface area contributed by atoms with Crippen LogP contribution in [-0.4, -0.2) is 36.7 Å². The van der Waals surface area contributed by atoms with E-state index in [1.165, 1.54) is 12.1 Å². The smallest absolute Gasteiger partial charge is 0.255 e. The Kier molecular flexibility index (Phi) is 6.44. The normalized spacial score (nSPS) is 19.0. The van der Waals surface area contributed by atoms with E-state index in [1.807, 2.05) is 48.5 Å². The van der Waals surface area contributed by atoms with E-state index < -0.39 is 10.0 Å². The van der Waals surface area contributed by atoms with E-state index in [0.29, 0.717) is 36.2 Å². The Morgan fingerprint density at radius 1 is 0.943 bits per heavy atom. The molecule has 1 amide bonds. The van der Waals surface area contributed by atoms with E-state index in [2.05, 4.69) is 19.2 Å². The molecule has 6 nitrogen and oxygen atoms in total. The van der Waals surface area contributed by atoms with Gasteiger partial charge in [-0.25, -0.2) is 13.4 Å². The van der Waals surface area contributed by atoms with Crippen LogP contribution in [0.25, 0.3) is 20.8 Å². The van der Waals surface area contributed by atoms with Crippen molar-refractivity contribution in [2.24, 2.45) is 11.8 Å². The average Bonchev–Trinajstić information content (AvgIpc) is 3.28. The van der Waals surface area contributed by atoms with Gasteiger partial charge in [0.2, 0.25) is 10.0 Å². The molecule has 1 aliphatic heterocycles. The number of hydrogen-bond donors (Lipinski definition) is 1. The molecule has 0 saturated carbocycles. The summed E-state index contributed by atoms with van der Waals surface area (Å²) in [5.41, 5.74) is 2.81. The van der Waals surface area contributed by atoms with Crippen LogP contribution in [0.2, 0.25) is 0 Å². The summed E-state index contributed by atoms with van der Waals surface area (Å²) < 4.78 is 28.9. The maximum atomic E-state index is 13.1. The second-order valence-corrected chi connectivity index (χ2v) is 12.2. The SMILES string of the molecule is CC1CC(C)CN(S(=O)(=O)c2ccc(C(=O)Nc3ccccc3-c3nc4ccccc4s3)cc2)C1. The molecule has 2 atom stereocenters. The molecule has 2 unspecified atom stereocenters. The molecule has 4 aromatic rings. The van der Waals surface area contributed by atoms with E-state index in [0.717, 1.165) is 27.2 Å². The van der Waals surface area contributed by atoms with Crippen LogP contribution in [0.15, 0.2) is 77.7 Å². The third-order valence-electron chi connectivity index (χ3n) is 6.29. The number of anilines is 1. The first-order valence-electron chi connectivity index (χ1n) is 11.7. The highest BCUT2D eigenvalue weighted by atomic mass is 32.2. The molecule has 1 aliphatic rings. The minimum absolute atomic E-state index is 0.213. The number of sulfonamides is 1. The Hall–Kier alpha value is -3.07. The predicted molar refractivity (Wildman–Crippen MR) is 141 cm³/mol. The van der Waals surface area contributed by atoms with Gasteiger partial charge in [0.1, 0.15) is 5.01 Å². The van der Waals surface area contributed by atoms with E-state index in [9.17, 15) is 13.2 Å². The van der Waals surface area contributed by atoms with Crippen LogP contribution < -0.4 is 5.32 Å². The van der Waals surface area contributed by atoms with Gasteiger partial charge in [0, 0.05) is 24.2 Å². The Morgan fingerprint density at radius 3 is 2.31 bits per heavy atom. The summed E-state index contributed by atoms with van der Waals surface area (Å²) in [5, 5.41) is 3.80. The second kappa shape index (κ2) is 9.53. The Balaban J connectivity index is 1.36. The van der Waals surface area contributed by atoms with Gasteiger partial charge in [-0.3, -0.25) is 4.79 Å². The van der Waals surface area contributed by atoms with Crippen LogP contribution in [0.1, 0.15) is 30.6 Å². The van der Waals surface area contributed by atoms with Gasteiger partial charge in [0.25, 0.3) is 5.91 Å². The zero-order valence-electron chi connectivity index (χ0n) is 19.6. The number of rotatable bonds is 5. The molecule has 1 fully saturated rings. The molecule has 0 spiro atoms. The number of fused-ring (bicyclic) bond motifs is 1. The molecular weight excluding hydrogens is 478 g/mol. The largest absolute Gasteiger partial charge is 0.321 e. The van der Waals surface area contributed by atoms with E-state index in [1.54, 1.807) is 27.8 Å². The number of amides is 1. The Bertz CT molecular complexity index is 1440. The van der Waals surface area contributed by atoms with Gasteiger partial charge in [-0.15, -0.1) is 11.3 Å². The van der Waals surface area contributed by atoms with Crippen LogP contribution in [0.3, 0.4) is 0 Å². The van der Waals surface area contributed by atoms with Gasteiger partial charge in [0.05, 0.1) is 20.8 Å². The first kappa shape index (κ1) is 23.7. The molecule has 0 bridgehead atoms. The molecule has 1 N–H and O–H groups in total. The van der Waals surface area contributed by atoms with Crippen molar-refractivity contribution in [1.82, 2.24) is 9.29 Å². The minimum Gasteiger partial charge on any atom is -0.321 e. The van der Waals surface area contributed by atoms with Gasteiger partial charge in [0.15, 0.2) is 0 Å². The van der Waals surface area contributed by atoms with E-state index in [4.69, 9.17) is 4.98 Å². The van der Waals surface area contributed by atoms with Crippen molar-refractivity contribution in [3.05, 3.63) is 78.4 Å². The topological polar surface area (TPSA) is 79.4 Å². The van der Waals surface area contributed by atoms with Crippen LogP contribution in [0.5, 0.6) is 0 Å². The standard InChI is InChI=1S/C27H27N3O3S2/c1-18-15-19(2)17-30(16-18)35(32,33)21-13-11-20(12-14-21)26(31)28-23-8-4-3-7-22(23)27-29-24-9-5-6-10-25(24)34-27/h3-14,18-19H,15-17H2,1-2H3,(H,28,31). The third-order valence-corrected chi connectivity index (χ3v) is 9.20. The molecule has 2 heterocycles. The number of para-hydroxylation sites is 2. The highest BCUT2D eigenvalue weighted by Crippen LogP contribution is 2.34. The van der Waals surface area contributed by atoms with E-state index >= 15 is 0 Å². The number of nitrogens with zero attached hydrogens (tertiary/aromatic N) is 2. The first-order chi connectivity index (χ1) is 16.8. The van der Waals surface area contributed by atoms with Gasteiger partial charge in [-0.05, 0) is 66.8 Å². The number of aromatic nitrogens is 1. The Morgan fingerprint density at radius 2 is 1.60 bits per heavy atom. The number of piperidine rings is 1. The summed E-state index contributed by atoms with van der Waals surface area (Å²) in [6.45, 7) is 5.21. The molecule has 1 saturated heterocycles. The van der Waals surface area contributed by atoms with E-state index in [-0.39, 0.29) is 10.8 Å². The van der Waals surface area contributed by atoms with Crippen LogP contribution in [-0.2, 0) is 10.0 Å². The lowest BCUT2D eigenvalue weighted by Crippen LogP contribution is -2.42. The zero-order valence-corrected chi connectivity index (χ0v) is 21.3. The monoisotopic (exact) mass is 505 g/mol. The number of hydrogen-bond acceptors (Lipinski definition) is 5. The number of thiazole rings is 1. The van der Waals surface area contributed by atoms with Crippen molar-refractivity contribution in [3.63, 3.8) is 0 Å². The maximum absolute atomic E-state index is 13.1. The second-order valence-electron chi connectivity index (χ2n) is 9.28. The van der Waals surface area contributed by atoms with Gasteiger partial charge in [-0.1, -0.05) is 38.1 Å². The first-order valence-corrected chi connectivity index (χ1v) is 13.9. The molecule has 3 aromatic carbocycles. The lowest BCUT2D eigenvalue weighted by molar-refractivity contribution is 0.102. The molecule has 0 aliphatic carbocycles. The molecule has 180 valence electrons. The third kappa shape index (κ3) is 4.87. The summed E-state index contributed by atoms with van der Waals surface area (Å²) in [7, 11) is -3.59. The fourth-order valence-corrected chi connectivity index (χ4v) is 7.37. The summed E-state index contributed by atoms with van der Waals surface area (Å²) in [5.74, 6) is 0.353. The summed E-state index contributed by atoms with van der Waals surface area (Å²) in [6, 6.07) is 21.7. The zero-order chi connectivity index (χ0) is 24.6. The summed E-state index contributed by atoms with van der Waals surface area (Å²) >= 11 is 1.57. The fourth-order valence-electron chi connectivity index (χ4n) is 4.69. The highest BCUT2D eigenvalue weighted by molar-refractivity contribution is 7.89. The number of benzene rings is 3. The highest BCUT2D eigenvalue weighted by Gasteiger charge is 2.31. The number of carbonyl (C=O) groups is 1. The molecule has 8 heteroatoms. The Labute approximate surface area is 209 Å². The van der Waals surface area contributed by atoms with Crippen LogP contribution >= 0.6 is 11.3 Å². The fraction of sp³-hybridized carbons (Fsp3) is 0.259. The van der Waals surface area contributed by atoms with Crippen LogP contribution in [0, 0.1) is 11.8 Å².